The maximum Gasteiger partial charge on any atom is 0.222 e. The van der Waals surface area contributed by atoms with Crippen molar-refractivity contribution in [2.45, 2.75) is 50.9 Å². The molecule has 1 aliphatic carbocycles. The van der Waals surface area contributed by atoms with Gasteiger partial charge in [-0.05, 0) is 49.8 Å². The van der Waals surface area contributed by atoms with Crippen LogP contribution in [0.4, 0.5) is 5.82 Å². The first-order valence-corrected chi connectivity index (χ1v) is 19.9. The second-order valence-electron chi connectivity index (χ2n) is 13.7. The van der Waals surface area contributed by atoms with Crippen LogP contribution in [0.2, 0.25) is 0 Å². The molecule has 1 amide bonds. The summed E-state index contributed by atoms with van der Waals surface area (Å²) in [5, 5.41) is 11.7. The number of ether oxygens (including phenoxy) is 7. The van der Waals surface area contributed by atoms with Gasteiger partial charge in [0.25, 0.3) is 0 Å². The zero-order valence-corrected chi connectivity index (χ0v) is 33.3. The fourth-order valence-electron chi connectivity index (χ4n) is 6.83. The van der Waals surface area contributed by atoms with E-state index in [1.54, 1.807) is 7.11 Å². The Morgan fingerprint density at radius 2 is 1.59 bits per heavy atom. The van der Waals surface area contributed by atoms with Crippen LogP contribution in [0.25, 0.3) is 38.3 Å². The Hall–Kier alpha value is -4.88. The van der Waals surface area contributed by atoms with Gasteiger partial charge in [-0.3, -0.25) is 9.59 Å². The smallest absolute Gasteiger partial charge is 0.222 e. The van der Waals surface area contributed by atoms with Crippen molar-refractivity contribution in [3.8, 4) is 17.1 Å². The van der Waals surface area contributed by atoms with Gasteiger partial charge in [0.2, 0.25) is 5.91 Å². The number of imidazole rings is 1. The summed E-state index contributed by atoms with van der Waals surface area (Å²) >= 11 is 0. The van der Waals surface area contributed by atoms with Crippen LogP contribution >= 0.6 is 0 Å². The topological polar surface area (TPSA) is 244 Å². The number of H-pyrrole nitrogens is 1. The van der Waals surface area contributed by atoms with Crippen molar-refractivity contribution in [1.29, 1.82) is 0 Å². The number of fused-ring (bicyclic) bond motifs is 2. The van der Waals surface area contributed by atoms with Gasteiger partial charge in [0, 0.05) is 54.7 Å². The molecule has 316 valence electrons. The molecule has 0 radical (unpaired) electrons. The number of rotatable bonds is 29. The zero-order valence-electron chi connectivity index (χ0n) is 33.3. The number of aromatic nitrogens is 5. The van der Waals surface area contributed by atoms with Gasteiger partial charge in [-0.15, -0.1) is 0 Å². The molecule has 1 aliphatic rings. The monoisotopic (exact) mass is 808 g/mol. The summed E-state index contributed by atoms with van der Waals surface area (Å²) in [6.45, 7) is 5.60. The highest BCUT2D eigenvalue weighted by molar-refractivity contribution is 5.93. The molecule has 4 aromatic rings. The van der Waals surface area contributed by atoms with Crippen LogP contribution in [-0.4, -0.2) is 136 Å². The number of anilines is 1. The molecule has 1 aromatic carbocycles. The van der Waals surface area contributed by atoms with Crippen LogP contribution in [0.1, 0.15) is 56.7 Å². The van der Waals surface area contributed by atoms with Gasteiger partial charge in [-0.25, -0.2) is 14.5 Å². The fourth-order valence-corrected chi connectivity index (χ4v) is 6.83. The van der Waals surface area contributed by atoms with Crippen molar-refractivity contribution in [3.05, 3.63) is 46.9 Å². The van der Waals surface area contributed by atoms with E-state index in [1.807, 2.05) is 28.8 Å². The van der Waals surface area contributed by atoms with Gasteiger partial charge in [-0.1, -0.05) is 17.2 Å². The van der Waals surface area contributed by atoms with Gasteiger partial charge in [0.15, 0.2) is 5.82 Å². The van der Waals surface area contributed by atoms with Crippen molar-refractivity contribution >= 4 is 33.9 Å². The SMILES string of the molecule is COc1cccc2cc(-c3nc(C4CCC(C(=O)CCCOCCOCCNC(=O)CCOCCOCCOCCOCCN=[N+]=[N-])CC4)n4ncnc(N)c34)[nH]c12. The number of nitrogen functional groups attached to an aromatic ring is 1. The summed E-state index contributed by atoms with van der Waals surface area (Å²) in [5.74, 6) is 2.27. The Morgan fingerprint density at radius 3 is 2.29 bits per heavy atom. The number of aromatic amines is 1. The molecular weight excluding hydrogens is 752 g/mol. The predicted molar refractivity (Wildman–Crippen MR) is 215 cm³/mol. The molecule has 0 bridgehead atoms. The normalized spacial score (nSPS) is 15.5. The first kappa shape index (κ1) is 44.2. The number of nitrogens with two attached hydrogens (primary N) is 1. The lowest BCUT2D eigenvalue weighted by atomic mass is 9.79. The van der Waals surface area contributed by atoms with E-state index >= 15 is 0 Å². The number of nitrogens with zero attached hydrogens (tertiary/aromatic N) is 7. The molecule has 0 unspecified atom stereocenters. The third-order valence-corrected chi connectivity index (χ3v) is 9.77. The largest absolute Gasteiger partial charge is 0.495 e. The Kier molecular flexibility index (Phi) is 18.9. The highest BCUT2D eigenvalue weighted by Crippen LogP contribution is 2.39. The molecule has 5 rings (SSSR count). The lowest BCUT2D eigenvalue weighted by Crippen LogP contribution is -2.28. The molecule has 19 heteroatoms. The van der Waals surface area contributed by atoms with Crippen molar-refractivity contribution in [2.75, 3.05) is 105 Å². The summed E-state index contributed by atoms with van der Waals surface area (Å²) in [6, 6.07) is 7.91. The number of hydrogen-bond donors (Lipinski definition) is 3. The number of carbonyl (C=O) groups is 2. The number of azide groups is 1. The molecule has 19 nitrogen and oxygen atoms in total. The van der Waals surface area contributed by atoms with Gasteiger partial charge >= 0.3 is 0 Å². The van der Waals surface area contributed by atoms with E-state index in [2.05, 4.69) is 30.4 Å². The number of hydrogen-bond acceptors (Lipinski definition) is 14. The Morgan fingerprint density at radius 1 is 0.914 bits per heavy atom. The third-order valence-electron chi connectivity index (χ3n) is 9.77. The molecule has 4 N–H and O–H groups in total. The number of benzene rings is 1. The van der Waals surface area contributed by atoms with Crippen LogP contribution in [0.5, 0.6) is 5.75 Å². The van der Waals surface area contributed by atoms with Crippen LogP contribution in [0.15, 0.2) is 35.7 Å². The molecule has 0 spiro atoms. The highest BCUT2D eigenvalue weighted by Gasteiger charge is 2.31. The minimum Gasteiger partial charge on any atom is -0.495 e. The van der Waals surface area contributed by atoms with E-state index < -0.39 is 0 Å². The number of amides is 1. The molecule has 0 atom stereocenters. The standard InChI is InChI=1S/C39H56N10O9/c1-52-33-6-2-4-30-26-31(46-35(30)33)36-37-38(40)43-27-45-49(37)39(47-36)29-9-7-28(8-10-29)32(50)5-3-14-53-18-20-55-16-12-42-34(51)11-15-54-19-22-57-24-25-58-23-21-56-17-13-44-48-41/h2,4,6,26-29,46H,3,5,7-25H2,1H3,(H,42,51)(H2,40,43,45). The van der Waals surface area contributed by atoms with E-state index in [0.29, 0.717) is 122 Å². The second-order valence-corrected chi connectivity index (χ2v) is 13.7. The molecule has 3 heterocycles. The number of ketones is 1. The summed E-state index contributed by atoms with van der Waals surface area (Å²) in [4.78, 5) is 40.5. The molecule has 1 fully saturated rings. The molecule has 1 saturated carbocycles. The molecule has 0 aliphatic heterocycles. The molecule has 0 saturated heterocycles. The number of nitrogens with one attached hydrogen (secondary N) is 2. The molecule has 3 aromatic heterocycles. The van der Waals surface area contributed by atoms with Crippen LogP contribution < -0.4 is 15.8 Å². The predicted octanol–water partition coefficient (Wildman–Crippen LogP) is 4.40. The van der Waals surface area contributed by atoms with E-state index in [1.165, 1.54) is 6.33 Å². The van der Waals surface area contributed by atoms with Crippen molar-refractivity contribution in [3.63, 3.8) is 0 Å². The Labute approximate surface area is 337 Å². The van der Waals surface area contributed by atoms with Gasteiger partial charge < -0.3 is 49.2 Å². The number of carbonyl (C=O) groups excluding carboxylic acids is 2. The summed E-state index contributed by atoms with van der Waals surface area (Å²) in [5.41, 5.74) is 17.6. The quantitative estimate of drug-likeness (QED) is 0.0298. The van der Waals surface area contributed by atoms with Crippen molar-refractivity contribution in [1.82, 2.24) is 29.9 Å². The van der Waals surface area contributed by atoms with Gasteiger partial charge in [-0.2, -0.15) is 5.10 Å². The van der Waals surface area contributed by atoms with Gasteiger partial charge in [0.1, 0.15) is 34.9 Å². The average Bonchev–Trinajstić information content (AvgIpc) is 3.86. The Bertz CT molecular complexity index is 1910. The van der Waals surface area contributed by atoms with Gasteiger partial charge in [0.05, 0.1) is 91.0 Å². The van der Waals surface area contributed by atoms with Crippen LogP contribution in [0, 0.1) is 5.92 Å². The zero-order chi connectivity index (χ0) is 40.8. The Balaban J connectivity index is 0.863. The third kappa shape index (κ3) is 13.6. The lowest BCUT2D eigenvalue weighted by Gasteiger charge is -2.26. The summed E-state index contributed by atoms with van der Waals surface area (Å²) in [7, 11) is 1.65. The van der Waals surface area contributed by atoms with Crippen molar-refractivity contribution in [2.24, 2.45) is 11.0 Å². The fraction of sp³-hybridized carbons (Fsp3) is 0.615. The average molecular weight is 809 g/mol. The minimum atomic E-state index is -0.110. The van der Waals surface area contributed by atoms with E-state index in [4.69, 9.17) is 49.4 Å². The lowest BCUT2D eigenvalue weighted by molar-refractivity contribution is -0.124. The summed E-state index contributed by atoms with van der Waals surface area (Å²) in [6.07, 6.45) is 6.11. The maximum absolute atomic E-state index is 13.1. The minimum absolute atomic E-state index is 0.0273. The summed E-state index contributed by atoms with van der Waals surface area (Å²) < 4.78 is 40.0. The maximum atomic E-state index is 13.1. The first-order chi connectivity index (χ1) is 28.5. The number of methoxy groups -OCH3 is 1. The number of Topliss-reactive ketones (excluding diaryl/α,β-unsaturated/α-hetero) is 1. The van der Waals surface area contributed by atoms with Crippen molar-refractivity contribution < 1.29 is 42.7 Å². The number of para-hydroxylation sites is 1. The van der Waals surface area contributed by atoms with Crippen LogP contribution in [-0.2, 0) is 38.0 Å². The molecule has 58 heavy (non-hydrogen) atoms. The van der Waals surface area contributed by atoms with E-state index in [0.717, 1.165) is 53.9 Å². The second kappa shape index (κ2) is 24.8. The molecular formula is C39H56N10O9. The first-order valence-electron chi connectivity index (χ1n) is 19.9. The van der Waals surface area contributed by atoms with E-state index in [9.17, 15) is 9.59 Å². The van der Waals surface area contributed by atoms with E-state index in [-0.39, 0.29) is 29.9 Å². The van der Waals surface area contributed by atoms with Crippen LogP contribution in [0.3, 0.4) is 0 Å². The highest BCUT2D eigenvalue weighted by atomic mass is 16.6.